The molecule has 0 N–H and O–H groups in total. The molecule has 2 heteroatoms. The molecule has 0 aromatic rings. The van der Waals surface area contributed by atoms with Crippen LogP contribution in [0, 0.1) is 5.92 Å². The van der Waals surface area contributed by atoms with Crippen molar-refractivity contribution >= 4 is 5.97 Å². The van der Waals surface area contributed by atoms with Crippen molar-refractivity contribution in [2.45, 2.75) is 174 Å². The molecule has 0 saturated heterocycles. The van der Waals surface area contributed by atoms with Gasteiger partial charge >= 0.3 is 5.97 Å². The quantitative estimate of drug-likeness (QED) is 0.256. The van der Waals surface area contributed by atoms with Gasteiger partial charge in [-0.05, 0) is 44.4 Å². The van der Waals surface area contributed by atoms with Crippen molar-refractivity contribution in [3.63, 3.8) is 0 Å². The molecular formula is C32H60O2. The first-order valence-electron chi connectivity index (χ1n) is 15.6. The molecule has 1 aliphatic rings. The van der Waals surface area contributed by atoms with Gasteiger partial charge in [-0.25, -0.2) is 0 Å². The van der Waals surface area contributed by atoms with Crippen molar-refractivity contribution in [1.82, 2.24) is 0 Å². The molecule has 0 saturated carbocycles. The number of hydrogen-bond acceptors (Lipinski definition) is 2. The standard InChI is InChI=1S/C32H60O2/c1-31-28-26-24-22-20-18-16-14-12-10-8-6-4-2-3-5-7-9-11-13-15-17-19-21-23-25-27-29-32(33)34-30-31/h16,18,31H,2-15,17,19-30H2,1H3/b18-16-. The van der Waals surface area contributed by atoms with Crippen molar-refractivity contribution in [3.8, 4) is 0 Å². The number of rotatable bonds is 0. The van der Waals surface area contributed by atoms with Gasteiger partial charge in [0.25, 0.3) is 0 Å². The third-order valence-corrected chi connectivity index (χ3v) is 7.51. The maximum Gasteiger partial charge on any atom is 0.305 e. The van der Waals surface area contributed by atoms with Crippen LogP contribution in [0.1, 0.15) is 174 Å². The summed E-state index contributed by atoms with van der Waals surface area (Å²) >= 11 is 0. The molecule has 0 fully saturated rings. The molecule has 0 radical (unpaired) electrons. The minimum atomic E-state index is 0.0166. The van der Waals surface area contributed by atoms with Crippen molar-refractivity contribution in [2.75, 3.05) is 6.61 Å². The Balaban J connectivity index is 2.15. The molecule has 200 valence electrons. The van der Waals surface area contributed by atoms with Crippen molar-refractivity contribution < 1.29 is 9.53 Å². The Morgan fingerprint density at radius 2 is 0.882 bits per heavy atom. The lowest BCUT2D eigenvalue weighted by Gasteiger charge is -2.12. The minimum absolute atomic E-state index is 0.0166. The van der Waals surface area contributed by atoms with Crippen LogP contribution in [0.2, 0.25) is 0 Å². The lowest BCUT2D eigenvalue weighted by atomic mass is 10.0. The third kappa shape index (κ3) is 23.0. The van der Waals surface area contributed by atoms with Gasteiger partial charge in [-0.2, -0.15) is 0 Å². The summed E-state index contributed by atoms with van der Waals surface area (Å²) < 4.78 is 5.51. The summed E-state index contributed by atoms with van der Waals surface area (Å²) in [5, 5.41) is 0. The Bertz CT molecular complexity index is 456. The second kappa shape index (κ2) is 25.3. The van der Waals surface area contributed by atoms with Gasteiger partial charge in [0.1, 0.15) is 0 Å². The number of carbonyl (C=O) groups excluding carboxylic acids is 1. The van der Waals surface area contributed by atoms with Crippen LogP contribution in [0.25, 0.3) is 0 Å². The van der Waals surface area contributed by atoms with Crippen molar-refractivity contribution in [3.05, 3.63) is 12.2 Å². The molecule has 0 aromatic heterocycles. The van der Waals surface area contributed by atoms with E-state index in [-0.39, 0.29) is 5.97 Å². The van der Waals surface area contributed by atoms with Gasteiger partial charge in [0.2, 0.25) is 0 Å². The molecule has 34 heavy (non-hydrogen) atoms. The number of esters is 1. The van der Waals surface area contributed by atoms with Gasteiger partial charge in [0, 0.05) is 6.42 Å². The first kappa shape index (κ1) is 31.2. The molecular weight excluding hydrogens is 416 g/mol. The fourth-order valence-corrected chi connectivity index (χ4v) is 5.09. The largest absolute Gasteiger partial charge is 0.465 e. The molecule has 0 amide bonds. The summed E-state index contributed by atoms with van der Waals surface area (Å²) in [6, 6.07) is 0. The highest BCUT2D eigenvalue weighted by atomic mass is 16.5. The molecule has 1 unspecified atom stereocenters. The molecule has 2 nitrogen and oxygen atoms in total. The molecule has 1 rings (SSSR count). The lowest BCUT2D eigenvalue weighted by Crippen LogP contribution is -2.11. The molecule has 0 spiro atoms. The van der Waals surface area contributed by atoms with E-state index in [1.165, 1.54) is 154 Å². The van der Waals surface area contributed by atoms with E-state index in [2.05, 4.69) is 19.1 Å². The topological polar surface area (TPSA) is 26.3 Å². The Morgan fingerprint density at radius 3 is 1.32 bits per heavy atom. The molecule has 1 heterocycles. The van der Waals surface area contributed by atoms with Crippen LogP contribution in [0.4, 0.5) is 0 Å². The van der Waals surface area contributed by atoms with Crippen LogP contribution in [0.5, 0.6) is 0 Å². The van der Waals surface area contributed by atoms with Gasteiger partial charge in [-0.15, -0.1) is 0 Å². The Hall–Kier alpha value is -0.790. The van der Waals surface area contributed by atoms with Crippen LogP contribution in [-0.4, -0.2) is 12.6 Å². The van der Waals surface area contributed by atoms with E-state index in [0.29, 0.717) is 18.9 Å². The van der Waals surface area contributed by atoms with E-state index in [1.54, 1.807) is 0 Å². The van der Waals surface area contributed by atoms with Gasteiger partial charge < -0.3 is 4.74 Å². The van der Waals surface area contributed by atoms with E-state index in [4.69, 9.17) is 4.74 Å². The molecule has 0 aliphatic carbocycles. The third-order valence-electron chi connectivity index (χ3n) is 7.51. The van der Waals surface area contributed by atoms with Gasteiger partial charge in [0.05, 0.1) is 6.61 Å². The number of carbonyl (C=O) groups is 1. The van der Waals surface area contributed by atoms with Gasteiger partial charge in [-0.1, -0.05) is 141 Å². The first-order chi connectivity index (χ1) is 16.8. The highest BCUT2D eigenvalue weighted by molar-refractivity contribution is 5.69. The summed E-state index contributed by atoms with van der Waals surface area (Å²) in [6.45, 7) is 2.83. The fourth-order valence-electron chi connectivity index (χ4n) is 5.09. The van der Waals surface area contributed by atoms with Crippen LogP contribution in [0.15, 0.2) is 12.2 Å². The summed E-state index contributed by atoms with van der Waals surface area (Å²) in [4.78, 5) is 12.0. The lowest BCUT2D eigenvalue weighted by molar-refractivity contribution is -0.145. The van der Waals surface area contributed by atoms with Crippen LogP contribution < -0.4 is 0 Å². The van der Waals surface area contributed by atoms with Gasteiger partial charge in [-0.3, -0.25) is 4.79 Å². The highest BCUT2D eigenvalue weighted by Crippen LogP contribution is 2.16. The SMILES string of the molecule is CC1CCCCC/C=C\CCCCCCCCCCCCCCCCCCCCCC(=O)OC1. The maximum absolute atomic E-state index is 12.0. The van der Waals surface area contributed by atoms with Crippen molar-refractivity contribution in [2.24, 2.45) is 5.92 Å². The van der Waals surface area contributed by atoms with E-state index < -0.39 is 0 Å². The predicted octanol–water partition coefficient (Wildman–Crippen LogP) is 10.9. The van der Waals surface area contributed by atoms with Gasteiger partial charge in [0.15, 0.2) is 0 Å². The Morgan fingerprint density at radius 1 is 0.529 bits per heavy atom. The van der Waals surface area contributed by atoms with E-state index in [1.807, 2.05) is 0 Å². The summed E-state index contributed by atoms with van der Waals surface area (Å²) in [5.74, 6) is 0.511. The second-order valence-electron chi connectivity index (χ2n) is 11.2. The maximum atomic E-state index is 12.0. The highest BCUT2D eigenvalue weighted by Gasteiger charge is 2.07. The van der Waals surface area contributed by atoms with E-state index >= 15 is 0 Å². The Labute approximate surface area is 214 Å². The monoisotopic (exact) mass is 476 g/mol. The summed E-state index contributed by atoms with van der Waals surface area (Å²) in [6.07, 6.45) is 39.2. The fraction of sp³-hybridized carbons (Fsp3) is 0.906. The second-order valence-corrected chi connectivity index (χ2v) is 11.2. The zero-order valence-electron chi connectivity index (χ0n) is 23.1. The summed E-state index contributed by atoms with van der Waals surface area (Å²) in [7, 11) is 0. The zero-order chi connectivity index (χ0) is 24.4. The number of allylic oxidation sites excluding steroid dienone is 2. The minimum Gasteiger partial charge on any atom is -0.465 e. The van der Waals surface area contributed by atoms with Crippen LogP contribution in [0.3, 0.4) is 0 Å². The smallest absolute Gasteiger partial charge is 0.305 e. The zero-order valence-corrected chi connectivity index (χ0v) is 23.1. The molecule has 0 bridgehead atoms. The van der Waals surface area contributed by atoms with E-state index in [9.17, 15) is 4.79 Å². The van der Waals surface area contributed by atoms with Crippen molar-refractivity contribution in [1.29, 1.82) is 0 Å². The molecule has 1 atom stereocenters. The predicted molar refractivity (Wildman–Crippen MR) is 149 cm³/mol. The van der Waals surface area contributed by atoms with Crippen LogP contribution in [-0.2, 0) is 9.53 Å². The summed E-state index contributed by atoms with van der Waals surface area (Å²) in [5.41, 5.74) is 0. The molecule has 1 aliphatic heterocycles. The average molecular weight is 477 g/mol. The Kier molecular flexibility index (Phi) is 23.3. The number of hydrogen-bond donors (Lipinski definition) is 0. The molecule has 0 aromatic carbocycles. The van der Waals surface area contributed by atoms with Crippen LogP contribution >= 0.6 is 0 Å². The average Bonchev–Trinajstić information content (AvgIpc) is 2.83. The number of ether oxygens (including phenoxy) is 1. The van der Waals surface area contributed by atoms with E-state index in [0.717, 1.165) is 6.42 Å². The number of cyclic esters (lactones) is 1. The normalized spacial score (nSPS) is 25.8. The first-order valence-corrected chi connectivity index (χ1v) is 15.6.